The maximum atomic E-state index is 13.0. The first-order valence-electron chi connectivity index (χ1n) is 8.98. The molecule has 2 aromatic carbocycles. The summed E-state index contributed by atoms with van der Waals surface area (Å²) in [6.07, 6.45) is 1.73. The van der Waals surface area contributed by atoms with E-state index in [9.17, 15) is 9.90 Å². The molecule has 0 aromatic heterocycles. The first kappa shape index (κ1) is 19.7. The minimum Gasteiger partial charge on any atom is -0.504 e. The number of phenolic OH excluding ortho intramolecular Hbond substituents is 1. The van der Waals surface area contributed by atoms with Gasteiger partial charge in [0, 0.05) is 7.05 Å². The Morgan fingerprint density at radius 1 is 1.07 bits per heavy atom. The minimum atomic E-state index is -0.220. The molecule has 1 aliphatic heterocycles. The van der Waals surface area contributed by atoms with Crippen molar-refractivity contribution in [1.29, 1.82) is 0 Å². The molecular formula is C21H22N2O4S. The molecule has 3 rings (SSSR count). The van der Waals surface area contributed by atoms with Crippen molar-refractivity contribution in [3.63, 3.8) is 0 Å². The van der Waals surface area contributed by atoms with E-state index in [0.29, 0.717) is 35.5 Å². The van der Waals surface area contributed by atoms with Crippen LogP contribution < -0.4 is 14.4 Å². The average Bonchev–Trinajstić information content (AvgIpc) is 2.89. The number of phenols is 1. The molecule has 0 saturated carbocycles. The molecule has 0 atom stereocenters. The number of anilines is 1. The number of benzene rings is 2. The van der Waals surface area contributed by atoms with E-state index in [2.05, 4.69) is 0 Å². The summed E-state index contributed by atoms with van der Waals surface area (Å²) in [5.41, 5.74) is 1.84. The summed E-state index contributed by atoms with van der Waals surface area (Å²) in [5.74, 6) is 0.945. The summed E-state index contributed by atoms with van der Waals surface area (Å²) in [4.78, 5) is 16.2. The van der Waals surface area contributed by atoms with Gasteiger partial charge in [-0.05, 0) is 74.1 Å². The van der Waals surface area contributed by atoms with Crippen LogP contribution >= 0.6 is 12.2 Å². The molecule has 0 aliphatic carbocycles. The van der Waals surface area contributed by atoms with Gasteiger partial charge in [0.2, 0.25) is 0 Å². The van der Waals surface area contributed by atoms with E-state index in [0.717, 1.165) is 11.3 Å². The molecule has 146 valence electrons. The maximum Gasteiger partial charge on any atom is 0.281 e. The van der Waals surface area contributed by atoms with Crippen LogP contribution in [0.2, 0.25) is 0 Å². The Balaban J connectivity index is 1.91. The molecule has 1 fully saturated rings. The smallest absolute Gasteiger partial charge is 0.281 e. The third kappa shape index (κ3) is 3.80. The number of rotatable bonds is 6. The van der Waals surface area contributed by atoms with Crippen LogP contribution in [0, 0.1) is 0 Å². The zero-order valence-electron chi connectivity index (χ0n) is 16.0. The van der Waals surface area contributed by atoms with Gasteiger partial charge in [-0.1, -0.05) is 6.07 Å². The minimum absolute atomic E-state index is 0.0571. The number of amides is 1. The van der Waals surface area contributed by atoms with E-state index >= 15 is 0 Å². The number of aromatic hydroxyl groups is 1. The Hall–Kier alpha value is -3.06. The van der Waals surface area contributed by atoms with Crippen LogP contribution in [0.25, 0.3) is 6.08 Å². The molecule has 28 heavy (non-hydrogen) atoms. The monoisotopic (exact) mass is 398 g/mol. The van der Waals surface area contributed by atoms with Gasteiger partial charge in [0.15, 0.2) is 16.6 Å². The highest BCUT2D eigenvalue weighted by molar-refractivity contribution is 7.80. The predicted molar refractivity (Wildman–Crippen MR) is 113 cm³/mol. The number of nitrogens with zero attached hydrogens (tertiary/aromatic N) is 2. The van der Waals surface area contributed by atoms with Gasteiger partial charge >= 0.3 is 0 Å². The van der Waals surface area contributed by atoms with Gasteiger partial charge < -0.3 is 19.5 Å². The van der Waals surface area contributed by atoms with Crippen LogP contribution in [0.3, 0.4) is 0 Å². The SMILES string of the molecule is CCOc1ccc(N2C(=O)/C(=C/c3ccc(O)c(OCC)c3)N(C)C2=S)cc1. The van der Waals surface area contributed by atoms with Crippen LogP contribution in [0.1, 0.15) is 19.4 Å². The lowest BCUT2D eigenvalue weighted by molar-refractivity contribution is -0.114. The van der Waals surface area contributed by atoms with Gasteiger partial charge in [-0.25, -0.2) is 0 Å². The molecule has 2 aromatic rings. The molecule has 1 heterocycles. The van der Waals surface area contributed by atoms with Crippen molar-refractivity contribution >= 4 is 35.0 Å². The summed E-state index contributed by atoms with van der Waals surface area (Å²) in [7, 11) is 1.75. The van der Waals surface area contributed by atoms with E-state index in [1.54, 1.807) is 48.4 Å². The fourth-order valence-corrected chi connectivity index (χ4v) is 3.18. The fourth-order valence-electron chi connectivity index (χ4n) is 2.89. The standard InChI is InChI=1S/C21H22N2O4S/c1-4-26-16-9-7-15(8-10-16)23-20(25)17(22(3)21(23)28)12-14-6-11-18(24)19(13-14)27-5-2/h6-13,24H,4-5H2,1-3H3/b17-12-. The van der Waals surface area contributed by atoms with Gasteiger partial charge in [-0.3, -0.25) is 9.69 Å². The zero-order chi connectivity index (χ0) is 20.3. The number of ether oxygens (including phenoxy) is 2. The molecule has 0 radical (unpaired) electrons. The van der Waals surface area contributed by atoms with Crippen molar-refractivity contribution < 1.29 is 19.4 Å². The van der Waals surface area contributed by atoms with Gasteiger partial charge in [0.1, 0.15) is 11.4 Å². The molecular weight excluding hydrogens is 376 g/mol. The molecule has 0 bridgehead atoms. The Morgan fingerprint density at radius 3 is 2.39 bits per heavy atom. The highest BCUT2D eigenvalue weighted by Crippen LogP contribution is 2.31. The molecule has 0 spiro atoms. The van der Waals surface area contributed by atoms with E-state index in [1.807, 2.05) is 26.0 Å². The average molecular weight is 398 g/mol. The van der Waals surface area contributed by atoms with Gasteiger partial charge in [-0.2, -0.15) is 0 Å². The van der Waals surface area contributed by atoms with Crippen LogP contribution in [0.4, 0.5) is 5.69 Å². The van der Waals surface area contributed by atoms with Crippen molar-refractivity contribution in [1.82, 2.24) is 4.90 Å². The molecule has 1 aliphatic rings. The summed E-state index contributed by atoms with van der Waals surface area (Å²) in [5, 5.41) is 10.3. The second-order valence-electron chi connectivity index (χ2n) is 6.10. The summed E-state index contributed by atoms with van der Waals surface area (Å²) >= 11 is 5.48. The second-order valence-corrected chi connectivity index (χ2v) is 6.46. The number of carbonyl (C=O) groups excluding carboxylic acids is 1. The molecule has 1 saturated heterocycles. The van der Waals surface area contributed by atoms with Crippen molar-refractivity contribution in [2.24, 2.45) is 0 Å². The third-order valence-corrected chi connectivity index (χ3v) is 4.71. The lowest BCUT2D eigenvalue weighted by atomic mass is 10.1. The normalized spacial score (nSPS) is 15.5. The van der Waals surface area contributed by atoms with Crippen molar-refractivity contribution in [3.8, 4) is 17.2 Å². The van der Waals surface area contributed by atoms with Crippen molar-refractivity contribution in [2.45, 2.75) is 13.8 Å². The number of hydrogen-bond acceptors (Lipinski definition) is 5. The number of likely N-dealkylation sites (N-methyl/N-ethyl adjacent to an activating group) is 1. The molecule has 0 unspecified atom stereocenters. The zero-order valence-corrected chi connectivity index (χ0v) is 16.8. The Bertz CT molecular complexity index is 925. The highest BCUT2D eigenvalue weighted by Gasteiger charge is 2.36. The fraction of sp³-hybridized carbons (Fsp3) is 0.238. The first-order chi connectivity index (χ1) is 13.5. The molecule has 1 N–H and O–H groups in total. The first-order valence-corrected chi connectivity index (χ1v) is 9.39. The van der Waals surface area contributed by atoms with Gasteiger partial charge in [0.25, 0.3) is 5.91 Å². The lowest BCUT2D eigenvalue weighted by Gasteiger charge is -2.16. The van der Waals surface area contributed by atoms with Gasteiger partial charge in [0.05, 0.1) is 18.9 Å². The van der Waals surface area contributed by atoms with Crippen molar-refractivity contribution in [3.05, 3.63) is 53.7 Å². The Kier molecular flexibility index (Phi) is 5.84. The maximum absolute atomic E-state index is 13.0. The number of thiocarbonyl (C=S) groups is 1. The number of hydrogen-bond donors (Lipinski definition) is 1. The third-order valence-electron chi connectivity index (χ3n) is 4.25. The summed E-state index contributed by atoms with van der Waals surface area (Å²) in [6, 6.07) is 12.2. The summed E-state index contributed by atoms with van der Waals surface area (Å²) < 4.78 is 10.9. The number of carbonyl (C=O) groups is 1. The second kappa shape index (κ2) is 8.31. The lowest BCUT2D eigenvalue weighted by Crippen LogP contribution is -2.31. The van der Waals surface area contributed by atoms with Crippen molar-refractivity contribution in [2.75, 3.05) is 25.2 Å². The molecule has 1 amide bonds. The van der Waals surface area contributed by atoms with E-state index in [-0.39, 0.29) is 11.7 Å². The van der Waals surface area contributed by atoms with Crippen LogP contribution in [-0.4, -0.2) is 41.3 Å². The van der Waals surface area contributed by atoms with E-state index < -0.39 is 0 Å². The quantitative estimate of drug-likeness (QED) is 0.590. The highest BCUT2D eigenvalue weighted by atomic mass is 32.1. The van der Waals surface area contributed by atoms with Crippen LogP contribution in [-0.2, 0) is 4.79 Å². The molecule has 7 heteroatoms. The van der Waals surface area contributed by atoms with Crippen LogP contribution in [0.5, 0.6) is 17.2 Å². The largest absolute Gasteiger partial charge is 0.504 e. The van der Waals surface area contributed by atoms with E-state index in [1.165, 1.54) is 4.90 Å². The Morgan fingerprint density at radius 2 is 1.75 bits per heavy atom. The Labute approximate surface area is 169 Å². The summed E-state index contributed by atoms with van der Waals surface area (Å²) in [6.45, 7) is 4.76. The van der Waals surface area contributed by atoms with Crippen LogP contribution in [0.15, 0.2) is 48.2 Å². The van der Waals surface area contributed by atoms with E-state index in [4.69, 9.17) is 21.7 Å². The van der Waals surface area contributed by atoms with Gasteiger partial charge in [-0.15, -0.1) is 0 Å². The predicted octanol–water partition coefficient (Wildman–Crippen LogP) is 3.79. The topological polar surface area (TPSA) is 62.2 Å². The molecule has 6 nitrogen and oxygen atoms in total.